The van der Waals surface area contributed by atoms with Gasteiger partial charge in [-0.1, -0.05) is 24.3 Å². The molecule has 0 saturated carbocycles. The summed E-state index contributed by atoms with van der Waals surface area (Å²) >= 11 is 0. The van der Waals surface area contributed by atoms with Gasteiger partial charge in [0.15, 0.2) is 0 Å². The first kappa shape index (κ1) is 11.3. The minimum Gasteiger partial charge on any atom is -0.388 e. The number of aliphatic hydroxyl groups is 1. The molecule has 2 unspecified atom stereocenters. The Balaban J connectivity index is 1.74. The first-order chi connectivity index (χ1) is 8.66. The highest BCUT2D eigenvalue weighted by Gasteiger charge is 2.29. The van der Waals surface area contributed by atoms with Crippen LogP contribution in [0.25, 0.3) is 0 Å². The number of hydrogen-bond donors (Lipinski definition) is 2. The molecule has 3 N–H and O–H groups in total. The molecule has 0 bridgehead atoms. The van der Waals surface area contributed by atoms with Crippen molar-refractivity contribution in [3.8, 4) is 0 Å². The molecule has 2 atom stereocenters. The summed E-state index contributed by atoms with van der Waals surface area (Å²) < 4.78 is 1.59. The zero-order valence-corrected chi connectivity index (χ0v) is 10.4. The lowest BCUT2D eigenvalue weighted by molar-refractivity contribution is 0.154. The number of fused-ring (bicyclic) bond motifs is 1. The molecule has 1 aliphatic carbocycles. The van der Waals surface area contributed by atoms with Crippen molar-refractivity contribution in [3.63, 3.8) is 0 Å². The Labute approximate surface area is 106 Å². The van der Waals surface area contributed by atoms with E-state index in [9.17, 15) is 5.11 Å². The van der Waals surface area contributed by atoms with Crippen molar-refractivity contribution in [2.24, 2.45) is 7.05 Å². The maximum Gasteiger partial charge on any atom is 0.127 e. The molecule has 94 valence electrons. The Morgan fingerprint density at radius 3 is 2.94 bits per heavy atom. The van der Waals surface area contributed by atoms with Gasteiger partial charge < -0.3 is 10.8 Å². The summed E-state index contributed by atoms with van der Waals surface area (Å²) in [6.45, 7) is 0. The number of nitrogens with two attached hydrogens (primary N) is 1. The molecule has 0 aliphatic heterocycles. The van der Waals surface area contributed by atoms with Gasteiger partial charge in [-0.15, -0.1) is 0 Å². The van der Waals surface area contributed by atoms with Crippen LogP contribution < -0.4 is 5.73 Å². The minimum absolute atomic E-state index is 0.441. The third-order valence-corrected chi connectivity index (χ3v) is 3.84. The molecule has 0 spiro atoms. The fraction of sp³-hybridized carbons (Fsp3) is 0.357. The molecule has 0 amide bonds. The van der Waals surface area contributed by atoms with E-state index < -0.39 is 6.10 Å². The largest absolute Gasteiger partial charge is 0.388 e. The molecule has 1 heterocycles. The lowest BCUT2D eigenvalue weighted by Crippen LogP contribution is -2.19. The van der Waals surface area contributed by atoms with Gasteiger partial charge in [0.25, 0.3) is 0 Å². The quantitative estimate of drug-likeness (QED) is 0.863. The topological polar surface area (TPSA) is 64.1 Å². The van der Waals surface area contributed by atoms with Crippen LogP contribution >= 0.6 is 0 Å². The minimum atomic E-state index is -0.531. The van der Waals surface area contributed by atoms with E-state index >= 15 is 0 Å². The summed E-state index contributed by atoms with van der Waals surface area (Å²) in [7, 11) is 1.78. The van der Waals surface area contributed by atoms with Crippen LogP contribution in [0.2, 0.25) is 0 Å². The van der Waals surface area contributed by atoms with Gasteiger partial charge in [0.2, 0.25) is 0 Å². The highest BCUT2D eigenvalue weighted by atomic mass is 16.3. The van der Waals surface area contributed by atoms with Gasteiger partial charge in [-0.05, 0) is 29.9 Å². The monoisotopic (exact) mass is 243 g/mol. The Hall–Kier alpha value is -1.81. The van der Waals surface area contributed by atoms with Crippen LogP contribution in [0.4, 0.5) is 5.82 Å². The van der Waals surface area contributed by atoms with Crippen molar-refractivity contribution in [3.05, 3.63) is 47.2 Å². The number of nitrogen functional groups attached to an aromatic ring is 1. The maximum absolute atomic E-state index is 10.2. The highest BCUT2D eigenvalue weighted by Crippen LogP contribution is 2.41. The predicted octanol–water partition coefficient (Wildman–Crippen LogP) is 1.77. The normalized spacial score (nSPS) is 19.1. The Morgan fingerprint density at radius 2 is 2.28 bits per heavy atom. The number of benzene rings is 1. The Morgan fingerprint density at radius 1 is 1.50 bits per heavy atom. The van der Waals surface area contributed by atoms with Gasteiger partial charge in [0.1, 0.15) is 5.82 Å². The highest BCUT2D eigenvalue weighted by molar-refractivity contribution is 5.43. The third-order valence-electron chi connectivity index (χ3n) is 3.84. The molecule has 4 nitrogen and oxygen atoms in total. The van der Waals surface area contributed by atoms with E-state index in [0.717, 1.165) is 12.0 Å². The van der Waals surface area contributed by atoms with Crippen molar-refractivity contribution >= 4 is 5.82 Å². The van der Waals surface area contributed by atoms with E-state index in [1.807, 2.05) is 0 Å². The second kappa shape index (κ2) is 4.14. The number of nitrogens with zero attached hydrogens (tertiary/aromatic N) is 2. The Kier molecular flexibility index (Phi) is 2.59. The summed E-state index contributed by atoms with van der Waals surface area (Å²) in [4.78, 5) is 0. The SMILES string of the molecule is Cn1ncc(C(O)CC2Cc3ccccc32)c1N. The van der Waals surface area contributed by atoms with Crippen molar-refractivity contribution < 1.29 is 5.11 Å². The fourth-order valence-electron chi connectivity index (χ4n) is 2.69. The molecule has 0 fully saturated rings. The second-order valence-electron chi connectivity index (χ2n) is 4.96. The fourth-order valence-corrected chi connectivity index (χ4v) is 2.69. The van der Waals surface area contributed by atoms with Crippen molar-refractivity contribution in [1.82, 2.24) is 9.78 Å². The van der Waals surface area contributed by atoms with E-state index in [1.54, 1.807) is 17.9 Å². The van der Waals surface area contributed by atoms with E-state index in [1.165, 1.54) is 11.1 Å². The molecule has 2 aromatic rings. The average Bonchev–Trinajstić information content (AvgIpc) is 2.67. The number of anilines is 1. The van der Waals surface area contributed by atoms with Crippen LogP contribution in [-0.4, -0.2) is 14.9 Å². The standard InChI is InChI=1S/C14H17N3O/c1-17-14(15)12(8-16-17)13(18)7-10-6-9-4-2-3-5-11(9)10/h2-5,8,10,13,18H,6-7,15H2,1H3. The van der Waals surface area contributed by atoms with Gasteiger partial charge in [-0.25, -0.2) is 0 Å². The zero-order chi connectivity index (χ0) is 12.7. The van der Waals surface area contributed by atoms with Crippen LogP contribution in [0.15, 0.2) is 30.5 Å². The molecule has 0 saturated heterocycles. The molecule has 1 aromatic heterocycles. The van der Waals surface area contributed by atoms with Crippen LogP contribution in [0.3, 0.4) is 0 Å². The van der Waals surface area contributed by atoms with E-state index in [-0.39, 0.29) is 0 Å². The zero-order valence-electron chi connectivity index (χ0n) is 10.4. The number of rotatable bonds is 3. The predicted molar refractivity (Wildman–Crippen MR) is 70.1 cm³/mol. The number of hydrogen-bond acceptors (Lipinski definition) is 3. The smallest absolute Gasteiger partial charge is 0.127 e. The van der Waals surface area contributed by atoms with E-state index in [4.69, 9.17) is 5.73 Å². The van der Waals surface area contributed by atoms with Gasteiger partial charge in [0, 0.05) is 12.6 Å². The molecule has 1 aromatic carbocycles. The first-order valence-electron chi connectivity index (χ1n) is 6.20. The lowest BCUT2D eigenvalue weighted by Gasteiger charge is -2.31. The molecule has 1 aliphatic rings. The average molecular weight is 243 g/mol. The molecular formula is C14H17N3O. The number of aliphatic hydroxyl groups excluding tert-OH is 1. The molecule has 4 heteroatoms. The maximum atomic E-state index is 10.2. The van der Waals surface area contributed by atoms with Gasteiger partial charge in [-0.3, -0.25) is 4.68 Å². The van der Waals surface area contributed by atoms with E-state index in [0.29, 0.717) is 18.2 Å². The van der Waals surface area contributed by atoms with Crippen LogP contribution in [0.1, 0.15) is 35.1 Å². The summed E-state index contributed by atoms with van der Waals surface area (Å²) in [5.74, 6) is 0.992. The van der Waals surface area contributed by atoms with Crippen LogP contribution in [0.5, 0.6) is 0 Å². The van der Waals surface area contributed by atoms with Gasteiger partial charge in [-0.2, -0.15) is 5.10 Å². The summed E-state index contributed by atoms with van der Waals surface area (Å²) in [5.41, 5.74) is 9.37. The molecule has 18 heavy (non-hydrogen) atoms. The lowest BCUT2D eigenvalue weighted by atomic mass is 9.74. The second-order valence-corrected chi connectivity index (χ2v) is 4.96. The molecule has 3 rings (SSSR count). The van der Waals surface area contributed by atoms with Crippen molar-refractivity contribution in [1.29, 1.82) is 0 Å². The molecule has 0 radical (unpaired) electrons. The summed E-state index contributed by atoms with van der Waals surface area (Å²) in [6.07, 6.45) is 2.89. The summed E-state index contributed by atoms with van der Waals surface area (Å²) in [5, 5.41) is 14.3. The van der Waals surface area contributed by atoms with E-state index in [2.05, 4.69) is 29.4 Å². The number of aromatic nitrogens is 2. The molecular weight excluding hydrogens is 226 g/mol. The van der Waals surface area contributed by atoms with Crippen molar-refractivity contribution in [2.45, 2.75) is 24.9 Å². The third kappa shape index (κ3) is 1.69. The van der Waals surface area contributed by atoms with Crippen molar-refractivity contribution in [2.75, 3.05) is 5.73 Å². The summed E-state index contributed by atoms with van der Waals surface area (Å²) in [6, 6.07) is 8.40. The number of aryl methyl sites for hydroxylation is 1. The Bertz CT molecular complexity index is 576. The van der Waals surface area contributed by atoms with Crippen LogP contribution in [-0.2, 0) is 13.5 Å². The first-order valence-corrected chi connectivity index (χ1v) is 6.20. The van der Waals surface area contributed by atoms with Crippen LogP contribution in [0, 0.1) is 0 Å². The van der Waals surface area contributed by atoms with Gasteiger partial charge >= 0.3 is 0 Å². The van der Waals surface area contributed by atoms with Gasteiger partial charge in [0.05, 0.1) is 12.3 Å².